The molecule has 0 radical (unpaired) electrons. The fraction of sp³-hybridized carbons (Fsp3) is 0. The number of pyridine rings is 1. The zero-order valence-corrected chi connectivity index (χ0v) is 11.1. The molecule has 3 aromatic heterocycles. The third-order valence-corrected chi connectivity index (χ3v) is 3.92. The summed E-state index contributed by atoms with van der Waals surface area (Å²) in [6.45, 7) is 0. The molecule has 0 saturated carbocycles. The predicted octanol–water partition coefficient (Wildman–Crippen LogP) is 3.64. The minimum atomic E-state index is 0.529. The summed E-state index contributed by atoms with van der Waals surface area (Å²) in [6, 6.07) is 7.24. The molecule has 0 aliphatic carbocycles. The molecule has 0 aromatic carbocycles. The van der Waals surface area contributed by atoms with Gasteiger partial charge in [-0.25, -0.2) is 0 Å². The molecule has 0 N–H and O–H groups in total. The molecule has 0 amide bonds. The fourth-order valence-corrected chi connectivity index (χ4v) is 3.09. The minimum absolute atomic E-state index is 0.529. The zero-order chi connectivity index (χ0) is 12.7. The number of aromatic nitrogens is 3. The van der Waals surface area contributed by atoms with Gasteiger partial charge in [-0.1, -0.05) is 23.2 Å². The second kappa shape index (κ2) is 4.25. The maximum Gasteiger partial charge on any atom is 0.170 e. The maximum atomic E-state index is 8.91. The van der Waals surface area contributed by atoms with Crippen LogP contribution in [0.15, 0.2) is 24.4 Å². The lowest BCUT2D eigenvalue weighted by Gasteiger charge is -1.98. The Hall–Kier alpha value is -1.61. The van der Waals surface area contributed by atoms with E-state index in [1.165, 1.54) is 11.3 Å². The van der Waals surface area contributed by atoms with Gasteiger partial charge in [0.1, 0.15) is 10.4 Å². The minimum Gasteiger partial charge on any atom is -0.281 e. The van der Waals surface area contributed by atoms with E-state index in [0.717, 1.165) is 0 Å². The van der Waals surface area contributed by atoms with Crippen molar-refractivity contribution in [1.82, 2.24) is 14.6 Å². The van der Waals surface area contributed by atoms with Crippen LogP contribution in [0.3, 0.4) is 0 Å². The summed E-state index contributed by atoms with van der Waals surface area (Å²) in [4.78, 5) is 0. The van der Waals surface area contributed by atoms with Gasteiger partial charge in [0, 0.05) is 6.20 Å². The maximum absolute atomic E-state index is 8.91. The van der Waals surface area contributed by atoms with Gasteiger partial charge in [0.15, 0.2) is 11.5 Å². The van der Waals surface area contributed by atoms with Crippen LogP contribution in [0.2, 0.25) is 8.67 Å². The zero-order valence-electron chi connectivity index (χ0n) is 8.76. The Morgan fingerprint density at radius 3 is 2.78 bits per heavy atom. The molecule has 4 nitrogen and oxygen atoms in total. The van der Waals surface area contributed by atoms with E-state index in [9.17, 15) is 0 Å². The standard InChI is InChI=1S/C11H4Cl2N4S/c12-8-3-7(10(13)18-8)11-16-15-9-2-1-6(4-14)5-17(9)11/h1-3,5H. The summed E-state index contributed by atoms with van der Waals surface area (Å²) < 4.78 is 2.86. The van der Waals surface area contributed by atoms with Crippen LogP contribution in [-0.4, -0.2) is 14.6 Å². The monoisotopic (exact) mass is 294 g/mol. The van der Waals surface area contributed by atoms with Crippen LogP contribution in [-0.2, 0) is 0 Å². The van der Waals surface area contributed by atoms with Crippen molar-refractivity contribution in [3.63, 3.8) is 0 Å². The summed E-state index contributed by atoms with van der Waals surface area (Å²) in [6.07, 6.45) is 1.67. The van der Waals surface area contributed by atoms with Crippen LogP contribution in [0.25, 0.3) is 17.0 Å². The second-order valence-electron chi connectivity index (χ2n) is 3.52. The van der Waals surface area contributed by atoms with E-state index >= 15 is 0 Å². The van der Waals surface area contributed by atoms with Crippen molar-refractivity contribution in [1.29, 1.82) is 5.26 Å². The number of fused-ring (bicyclic) bond motifs is 1. The van der Waals surface area contributed by atoms with Gasteiger partial charge < -0.3 is 0 Å². The predicted molar refractivity (Wildman–Crippen MR) is 71.0 cm³/mol. The normalized spacial score (nSPS) is 10.7. The van der Waals surface area contributed by atoms with Gasteiger partial charge in [0.25, 0.3) is 0 Å². The van der Waals surface area contributed by atoms with Crippen molar-refractivity contribution in [3.05, 3.63) is 38.6 Å². The van der Waals surface area contributed by atoms with Gasteiger partial charge in [-0.15, -0.1) is 21.5 Å². The van der Waals surface area contributed by atoms with Crippen LogP contribution in [0.4, 0.5) is 0 Å². The highest BCUT2D eigenvalue weighted by molar-refractivity contribution is 7.20. The van der Waals surface area contributed by atoms with E-state index in [1.54, 1.807) is 28.8 Å². The summed E-state index contributed by atoms with van der Waals surface area (Å²) in [5.41, 5.74) is 1.90. The fourth-order valence-electron chi connectivity index (χ4n) is 1.63. The average Bonchev–Trinajstić information content (AvgIpc) is 2.91. The van der Waals surface area contributed by atoms with Crippen LogP contribution in [0.1, 0.15) is 5.56 Å². The first kappa shape index (κ1) is 11.5. The first-order chi connectivity index (χ1) is 8.69. The van der Waals surface area contributed by atoms with E-state index in [1.807, 2.05) is 0 Å². The Morgan fingerprint density at radius 2 is 2.11 bits per heavy atom. The molecule has 3 heterocycles. The number of hydrogen-bond donors (Lipinski definition) is 0. The number of rotatable bonds is 1. The molecule has 0 bridgehead atoms. The van der Waals surface area contributed by atoms with Gasteiger partial charge in [-0.05, 0) is 18.2 Å². The molecule has 0 aliphatic rings. The largest absolute Gasteiger partial charge is 0.281 e. The summed E-state index contributed by atoms with van der Waals surface area (Å²) >= 11 is 13.3. The Kier molecular flexibility index (Phi) is 2.71. The number of hydrogen-bond acceptors (Lipinski definition) is 4. The number of halogens is 2. The van der Waals surface area contributed by atoms with Crippen molar-refractivity contribution >= 4 is 40.2 Å². The first-order valence-corrected chi connectivity index (χ1v) is 6.46. The topological polar surface area (TPSA) is 54.0 Å². The highest BCUT2D eigenvalue weighted by Gasteiger charge is 2.14. The molecule has 7 heteroatoms. The van der Waals surface area contributed by atoms with Crippen LogP contribution in [0, 0.1) is 11.3 Å². The first-order valence-electron chi connectivity index (χ1n) is 4.89. The highest BCUT2D eigenvalue weighted by atomic mass is 35.5. The Balaban J connectivity index is 2.30. The SMILES string of the molecule is N#Cc1ccc2nnc(-c3cc(Cl)sc3Cl)n2c1. The van der Waals surface area contributed by atoms with Crippen molar-refractivity contribution in [2.45, 2.75) is 0 Å². The summed E-state index contributed by atoms with van der Waals surface area (Å²) in [7, 11) is 0. The highest BCUT2D eigenvalue weighted by Crippen LogP contribution is 2.37. The molecule has 0 saturated heterocycles. The summed E-state index contributed by atoms with van der Waals surface area (Å²) in [5, 5.41) is 17.0. The molecule has 18 heavy (non-hydrogen) atoms. The molecule has 0 unspecified atom stereocenters. The van der Waals surface area contributed by atoms with E-state index in [-0.39, 0.29) is 0 Å². The molecule has 88 valence electrons. The second-order valence-corrected chi connectivity index (χ2v) is 5.80. The number of nitrogens with zero attached hydrogens (tertiary/aromatic N) is 4. The molecule has 0 spiro atoms. The van der Waals surface area contributed by atoms with E-state index in [4.69, 9.17) is 28.5 Å². The Labute approximate surface area is 116 Å². The quantitative estimate of drug-likeness (QED) is 0.688. The van der Waals surface area contributed by atoms with Gasteiger partial charge in [0.05, 0.1) is 15.5 Å². The third kappa shape index (κ3) is 1.75. The number of thiophene rings is 1. The third-order valence-electron chi connectivity index (χ3n) is 2.43. The van der Waals surface area contributed by atoms with Crippen molar-refractivity contribution in [3.8, 4) is 17.5 Å². The van der Waals surface area contributed by atoms with E-state index in [2.05, 4.69) is 16.3 Å². The molecule has 3 aromatic rings. The lowest BCUT2D eigenvalue weighted by Crippen LogP contribution is -1.89. The smallest absolute Gasteiger partial charge is 0.170 e. The van der Waals surface area contributed by atoms with E-state index in [0.29, 0.717) is 31.3 Å². The van der Waals surface area contributed by atoms with Crippen molar-refractivity contribution in [2.24, 2.45) is 0 Å². The average molecular weight is 295 g/mol. The molecule has 0 aliphatic heterocycles. The van der Waals surface area contributed by atoms with E-state index < -0.39 is 0 Å². The van der Waals surface area contributed by atoms with Gasteiger partial charge in [-0.3, -0.25) is 4.40 Å². The lowest BCUT2D eigenvalue weighted by atomic mass is 10.3. The number of nitriles is 1. The molecule has 0 atom stereocenters. The lowest BCUT2D eigenvalue weighted by molar-refractivity contribution is 1.11. The molecular formula is C11H4Cl2N4S. The molecule has 3 rings (SSSR count). The van der Waals surface area contributed by atoms with Crippen LogP contribution >= 0.6 is 34.5 Å². The van der Waals surface area contributed by atoms with Gasteiger partial charge in [0.2, 0.25) is 0 Å². The summed E-state index contributed by atoms with van der Waals surface area (Å²) in [5.74, 6) is 0.579. The van der Waals surface area contributed by atoms with Crippen molar-refractivity contribution < 1.29 is 0 Å². The Bertz CT molecular complexity index is 784. The Morgan fingerprint density at radius 1 is 1.28 bits per heavy atom. The molecular weight excluding hydrogens is 291 g/mol. The molecule has 0 fully saturated rings. The van der Waals surface area contributed by atoms with Crippen LogP contribution < -0.4 is 0 Å². The van der Waals surface area contributed by atoms with Crippen LogP contribution in [0.5, 0.6) is 0 Å². The van der Waals surface area contributed by atoms with Gasteiger partial charge in [-0.2, -0.15) is 5.26 Å². The van der Waals surface area contributed by atoms with Gasteiger partial charge >= 0.3 is 0 Å². The van der Waals surface area contributed by atoms with Crippen molar-refractivity contribution in [2.75, 3.05) is 0 Å².